The fourth-order valence-electron chi connectivity index (χ4n) is 3.27. The topological polar surface area (TPSA) is 95.9 Å². The number of nitrogens with zero attached hydrogens (tertiary/aromatic N) is 1. The Morgan fingerprint density at radius 3 is 2.54 bits per heavy atom. The largest absolute Gasteiger partial charge is 0.497 e. The molecule has 0 radical (unpaired) electrons. The van der Waals surface area contributed by atoms with Gasteiger partial charge in [0, 0.05) is 17.9 Å². The van der Waals surface area contributed by atoms with E-state index in [0.717, 1.165) is 6.42 Å². The lowest BCUT2D eigenvalue weighted by molar-refractivity contribution is -0.159. The molecule has 1 atom stereocenters. The highest BCUT2D eigenvalue weighted by Gasteiger charge is 2.48. The minimum Gasteiger partial charge on any atom is -0.497 e. The normalized spacial score (nSPS) is 21.0. The Labute approximate surface area is 156 Å². The molecule has 0 bridgehead atoms. The van der Waals surface area contributed by atoms with Crippen molar-refractivity contribution in [3.05, 3.63) is 24.3 Å². The molecule has 1 heterocycles. The van der Waals surface area contributed by atoms with Crippen molar-refractivity contribution in [3.63, 3.8) is 0 Å². The number of carbonyl (C=O) groups excluding carboxylic acids is 2. The molecule has 1 aliphatic heterocycles. The van der Waals surface area contributed by atoms with Crippen molar-refractivity contribution < 1.29 is 24.2 Å². The summed E-state index contributed by atoms with van der Waals surface area (Å²) < 4.78 is 5.09. The molecule has 1 aliphatic carbocycles. The van der Waals surface area contributed by atoms with Crippen LogP contribution in [0.25, 0.3) is 0 Å². The second-order valence-electron chi connectivity index (χ2n) is 6.71. The molecule has 0 spiro atoms. The number of methoxy groups -OCH3 is 1. The Kier molecular flexibility index (Phi) is 5.41. The highest BCUT2D eigenvalue weighted by Crippen LogP contribution is 2.45. The number of carboxylic acid groups (broad SMARTS) is 1. The summed E-state index contributed by atoms with van der Waals surface area (Å²) in [7, 11) is 1.57. The summed E-state index contributed by atoms with van der Waals surface area (Å²) in [6.45, 7) is 0. The van der Waals surface area contributed by atoms with Crippen molar-refractivity contribution in [1.82, 2.24) is 4.90 Å². The minimum absolute atomic E-state index is 0.0325. The molecule has 1 aromatic carbocycles. The lowest BCUT2D eigenvalue weighted by Gasteiger charge is -2.38. The van der Waals surface area contributed by atoms with Crippen LogP contribution < -0.4 is 10.1 Å². The number of nitrogens with one attached hydrogen (secondary N) is 1. The molecule has 2 amide bonds. The van der Waals surface area contributed by atoms with E-state index in [4.69, 9.17) is 4.74 Å². The lowest BCUT2D eigenvalue weighted by atomic mass is 9.66. The number of amides is 2. The predicted octanol–water partition coefficient (Wildman–Crippen LogP) is 2.18. The van der Waals surface area contributed by atoms with Crippen molar-refractivity contribution in [3.8, 4) is 5.75 Å². The van der Waals surface area contributed by atoms with E-state index < -0.39 is 17.4 Å². The van der Waals surface area contributed by atoms with Gasteiger partial charge in [-0.1, -0.05) is 6.42 Å². The van der Waals surface area contributed by atoms with Gasteiger partial charge in [0.1, 0.15) is 11.8 Å². The second kappa shape index (κ2) is 7.57. The van der Waals surface area contributed by atoms with Crippen LogP contribution in [-0.4, -0.2) is 52.6 Å². The van der Waals surface area contributed by atoms with Crippen LogP contribution in [0.5, 0.6) is 5.75 Å². The lowest BCUT2D eigenvalue weighted by Crippen LogP contribution is -2.48. The number of hydrogen-bond acceptors (Lipinski definition) is 5. The van der Waals surface area contributed by atoms with Gasteiger partial charge in [0.25, 0.3) is 0 Å². The van der Waals surface area contributed by atoms with E-state index in [1.54, 1.807) is 31.4 Å². The Balaban J connectivity index is 1.64. The predicted molar refractivity (Wildman–Crippen MR) is 98.1 cm³/mol. The quantitative estimate of drug-likeness (QED) is 0.788. The number of aliphatic carboxylic acids is 1. The maximum absolute atomic E-state index is 12.7. The molecule has 26 heavy (non-hydrogen) atoms. The number of carbonyl (C=O) groups is 3. The highest BCUT2D eigenvalue weighted by molar-refractivity contribution is 7.99. The van der Waals surface area contributed by atoms with Gasteiger partial charge < -0.3 is 20.1 Å². The maximum atomic E-state index is 12.7. The standard InChI is InChI=1S/C18H22N2O5S/c1-25-13-5-3-12(4-6-13)19-16(22)14-10-26-11-20(14)15(21)9-18(17(23)24)7-2-8-18/h3-6,14H,2,7-11H2,1H3,(H,19,22)(H,23,24). The molecule has 8 heteroatoms. The summed E-state index contributed by atoms with van der Waals surface area (Å²) in [5.74, 6) is 0.181. The summed E-state index contributed by atoms with van der Waals surface area (Å²) in [6, 6.07) is 6.38. The number of hydrogen-bond donors (Lipinski definition) is 2. The van der Waals surface area contributed by atoms with Crippen molar-refractivity contribution in [2.45, 2.75) is 31.7 Å². The van der Waals surface area contributed by atoms with Gasteiger partial charge in [-0.3, -0.25) is 14.4 Å². The van der Waals surface area contributed by atoms with Crippen LogP contribution in [0.15, 0.2) is 24.3 Å². The van der Waals surface area contributed by atoms with E-state index in [9.17, 15) is 19.5 Å². The number of ether oxygens (including phenoxy) is 1. The van der Waals surface area contributed by atoms with Crippen LogP contribution in [0.4, 0.5) is 5.69 Å². The SMILES string of the molecule is COc1ccc(NC(=O)C2CSCN2C(=O)CC2(C(=O)O)CCC2)cc1. The number of anilines is 1. The van der Waals surface area contributed by atoms with E-state index >= 15 is 0 Å². The number of benzene rings is 1. The van der Waals surface area contributed by atoms with Crippen molar-refractivity contribution >= 4 is 35.2 Å². The second-order valence-corrected chi connectivity index (χ2v) is 7.71. The first-order valence-electron chi connectivity index (χ1n) is 8.51. The molecule has 2 N–H and O–H groups in total. The zero-order valence-corrected chi connectivity index (χ0v) is 15.4. The summed E-state index contributed by atoms with van der Waals surface area (Å²) in [4.78, 5) is 38.3. The van der Waals surface area contributed by atoms with Crippen LogP contribution in [0.3, 0.4) is 0 Å². The summed E-state index contributed by atoms with van der Waals surface area (Å²) >= 11 is 1.50. The van der Waals surface area contributed by atoms with Crippen LogP contribution in [0.1, 0.15) is 25.7 Å². The molecule has 7 nitrogen and oxygen atoms in total. The zero-order valence-electron chi connectivity index (χ0n) is 14.6. The first kappa shape index (κ1) is 18.6. The minimum atomic E-state index is -0.943. The smallest absolute Gasteiger partial charge is 0.310 e. The van der Waals surface area contributed by atoms with Crippen LogP contribution in [-0.2, 0) is 14.4 Å². The molecule has 1 unspecified atom stereocenters. The molecule has 3 rings (SSSR count). The first-order chi connectivity index (χ1) is 12.4. The van der Waals surface area contributed by atoms with Gasteiger partial charge in [-0.2, -0.15) is 0 Å². The fraction of sp³-hybridized carbons (Fsp3) is 0.500. The van der Waals surface area contributed by atoms with Crippen molar-refractivity contribution in [2.75, 3.05) is 24.1 Å². The molecule has 0 aromatic heterocycles. The Hall–Kier alpha value is -2.22. The summed E-state index contributed by atoms with van der Waals surface area (Å²) in [6.07, 6.45) is 1.85. The zero-order chi connectivity index (χ0) is 18.7. The molecular formula is C18H22N2O5S. The molecule has 1 saturated heterocycles. The van der Waals surface area contributed by atoms with E-state index in [-0.39, 0.29) is 18.2 Å². The van der Waals surface area contributed by atoms with Gasteiger partial charge in [-0.15, -0.1) is 11.8 Å². The van der Waals surface area contributed by atoms with Gasteiger partial charge in [0.2, 0.25) is 11.8 Å². The van der Waals surface area contributed by atoms with Crippen LogP contribution in [0.2, 0.25) is 0 Å². The van der Waals surface area contributed by atoms with E-state index in [1.165, 1.54) is 16.7 Å². The van der Waals surface area contributed by atoms with Crippen LogP contribution >= 0.6 is 11.8 Å². The third-order valence-electron chi connectivity index (χ3n) is 5.12. The molecule has 2 fully saturated rings. The van der Waals surface area contributed by atoms with Gasteiger partial charge in [0.05, 0.1) is 18.4 Å². The van der Waals surface area contributed by atoms with Gasteiger partial charge >= 0.3 is 5.97 Å². The molecule has 1 aromatic rings. The Bertz CT molecular complexity index is 702. The third-order valence-corrected chi connectivity index (χ3v) is 6.13. The van der Waals surface area contributed by atoms with Gasteiger partial charge in [-0.25, -0.2) is 0 Å². The average Bonchev–Trinajstić information content (AvgIpc) is 3.08. The number of carboxylic acids is 1. The average molecular weight is 378 g/mol. The van der Waals surface area contributed by atoms with Gasteiger partial charge in [0.15, 0.2) is 0 Å². The number of rotatable bonds is 6. The fourth-order valence-corrected chi connectivity index (χ4v) is 4.45. The van der Waals surface area contributed by atoms with E-state index in [2.05, 4.69) is 5.32 Å². The van der Waals surface area contributed by atoms with Crippen molar-refractivity contribution in [1.29, 1.82) is 0 Å². The Morgan fingerprint density at radius 1 is 1.31 bits per heavy atom. The summed E-state index contributed by atoms with van der Waals surface area (Å²) in [5, 5.41) is 12.2. The third kappa shape index (κ3) is 3.65. The van der Waals surface area contributed by atoms with E-state index in [0.29, 0.717) is 35.9 Å². The van der Waals surface area contributed by atoms with Crippen LogP contribution in [0, 0.1) is 5.41 Å². The molecular weight excluding hydrogens is 356 g/mol. The number of thioether (sulfide) groups is 1. The summed E-state index contributed by atoms with van der Waals surface area (Å²) in [5.41, 5.74) is -0.317. The highest BCUT2D eigenvalue weighted by atomic mass is 32.2. The first-order valence-corrected chi connectivity index (χ1v) is 9.66. The maximum Gasteiger partial charge on any atom is 0.310 e. The van der Waals surface area contributed by atoms with Gasteiger partial charge in [-0.05, 0) is 37.1 Å². The Morgan fingerprint density at radius 2 is 2.00 bits per heavy atom. The van der Waals surface area contributed by atoms with Crippen molar-refractivity contribution in [2.24, 2.45) is 5.41 Å². The molecule has 2 aliphatic rings. The van der Waals surface area contributed by atoms with E-state index in [1.807, 2.05) is 0 Å². The molecule has 140 valence electrons. The monoisotopic (exact) mass is 378 g/mol. The molecule has 1 saturated carbocycles.